The van der Waals surface area contributed by atoms with Crippen LogP contribution in [0.5, 0.6) is 0 Å². The van der Waals surface area contributed by atoms with Gasteiger partial charge in [-0.2, -0.15) is 5.10 Å². The first kappa shape index (κ1) is 18.2. The van der Waals surface area contributed by atoms with E-state index in [1.54, 1.807) is 7.05 Å². The molecule has 1 N–H and O–H groups in total. The second-order valence-corrected chi connectivity index (χ2v) is 7.85. The van der Waals surface area contributed by atoms with Crippen molar-refractivity contribution < 1.29 is 4.79 Å². The van der Waals surface area contributed by atoms with E-state index in [0.29, 0.717) is 18.5 Å². The molecule has 1 aliphatic carbocycles. The lowest BCUT2D eigenvalue weighted by molar-refractivity contribution is -0.123. The molecule has 1 saturated heterocycles. The van der Waals surface area contributed by atoms with Crippen LogP contribution in [-0.2, 0) is 11.8 Å². The standard InChI is InChI=1S/C18H31N5O2/c1-13(2)19-16(24)12-22-10-8-14(9-11-22)17-20-21(3)18(25)23(17)15-6-4-5-7-15/h13-15H,4-12H2,1-3H3,(H,19,24). The molecule has 0 spiro atoms. The second-order valence-electron chi connectivity index (χ2n) is 7.85. The van der Waals surface area contributed by atoms with Crippen molar-refractivity contribution in [2.75, 3.05) is 19.6 Å². The molecule has 7 heteroatoms. The van der Waals surface area contributed by atoms with Gasteiger partial charge in [-0.3, -0.25) is 14.3 Å². The van der Waals surface area contributed by atoms with Gasteiger partial charge in [0.1, 0.15) is 5.82 Å². The fourth-order valence-electron chi connectivity index (χ4n) is 4.20. The summed E-state index contributed by atoms with van der Waals surface area (Å²) in [4.78, 5) is 26.7. The third-order valence-electron chi connectivity index (χ3n) is 5.44. The van der Waals surface area contributed by atoms with Gasteiger partial charge in [-0.15, -0.1) is 0 Å². The molecule has 7 nitrogen and oxygen atoms in total. The van der Waals surface area contributed by atoms with Gasteiger partial charge in [-0.05, 0) is 52.6 Å². The minimum absolute atomic E-state index is 0.0284. The number of carbonyl (C=O) groups is 1. The number of amides is 1. The van der Waals surface area contributed by atoms with Crippen LogP contribution < -0.4 is 11.0 Å². The smallest absolute Gasteiger partial charge is 0.345 e. The van der Waals surface area contributed by atoms with Crippen LogP contribution in [-0.4, -0.2) is 50.8 Å². The third kappa shape index (κ3) is 4.14. The average molecular weight is 349 g/mol. The minimum atomic E-state index is 0.0284. The number of hydrogen-bond acceptors (Lipinski definition) is 4. The molecule has 0 bridgehead atoms. The molecule has 2 heterocycles. The van der Waals surface area contributed by atoms with Gasteiger partial charge in [0, 0.05) is 25.0 Å². The van der Waals surface area contributed by atoms with Gasteiger partial charge in [0.2, 0.25) is 5.91 Å². The van der Waals surface area contributed by atoms with Crippen molar-refractivity contribution in [1.29, 1.82) is 0 Å². The van der Waals surface area contributed by atoms with E-state index < -0.39 is 0 Å². The van der Waals surface area contributed by atoms with Crippen molar-refractivity contribution in [3.8, 4) is 0 Å². The SMILES string of the molecule is CC(C)NC(=O)CN1CCC(c2nn(C)c(=O)n2C2CCCC2)CC1. The summed E-state index contributed by atoms with van der Waals surface area (Å²) < 4.78 is 3.47. The summed E-state index contributed by atoms with van der Waals surface area (Å²) in [5, 5.41) is 7.52. The van der Waals surface area contributed by atoms with E-state index in [0.717, 1.165) is 44.6 Å². The molecular weight excluding hydrogens is 318 g/mol. The largest absolute Gasteiger partial charge is 0.353 e. The summed E-state index contributed by atoms with van der Waals surface area (Å²) in [7, 11) is 1.75. The second kappa shape index (κ2) is 7.72. The zero-order chi connectivity index (χ0) is 18.0. The van der Waals surface area contributed by atoms with Crippen molar-refractivity contribution in [1.82, 2.24) is 24.6 Å². The zero-order valence-corrected chi connectivity index (χ0v) is 15.7. The van der Waals surface area contributed by atoms with Crippen molar-refractivity contribution in [3.05, 3.63) is 16.3 Å². The third-order valence-corrected chi connectivity index (χ3v) is 5.44. The number of nitrogens with one attached hydrogen (secondary N) is 1. The van der Waals surface area contributed by atoms with Gasteiger partial charge in [-0.1, -0.05) is 12.8 Å². The predicted octanol–water partition coefficient (Wildman–Crippen LogP) is 1.40. The molecule has 1 saturated carbocycles. The zero-order valence-electron chi connectivity index (χ0n) is 15.7. The summed E-state index contributed by atoms with van der Waals surface area (Å²) in [6.07, 6.45) is 6.50. The van der Waals surface area contributed by atoms with Crippen molar-refractivity contribution in [2.45, 2.75) is 70.4 Å². The van der Waals surface area contributed by atoms with E-state index in [4.69, 9.17) is 0 Å². The van der Waals surface area contributed by atoms with Gasteiger partial charge < -0.3 is 5.32 Å². The lowest BCUT2D eigenvalue weighted by atomic mass is 9.95. The van der Waals surface area contributed by atoms with E-state index in [1.807, 2.05) is 18.4 Å². The molecule has 0 atom stereocenters. The Morgan fingerprint density at radius 1 is 1.20 bits per heavy atom. The molecule has 1 aromatic rings. The molecule has 25 heavy (non-hydrogen) atoms. The Labute approximate surface area is 149 Å². The fourth-order valence-corrected chi connectivity index (χ4v) is 4.20. The highest BCUT2D eigenvalue weighted by Gasteiger charge is 2.30. The molecule has 3 rings (SSSR count). The Hall–Kier alpha value is -1.63. The maximum atomic E-state index is 12.5. The van der Waals surface area contributed by atoms with E-state index in [9.17, 15) is 9.59 Å². The molecule has 1 aliphatic heterocycles. The van der Waals surface area contributed by atoms with Crippen LogP contribution in [0.3, 0.4) is 0 Å². The Kier molecular flexibility index (Phi) is 5.61. The number of carbonyl (C=O) groups excluding carboxylic acids is 1. The Morgan fingerprint density at radius 3 is 2.44 bits per heavy atom. The van der Waals surface area contributed by atoms with Crippen LogP contribution in [0.25, 0.3) is 0 Å². The minimum Gasteiger partial charge on any atom is -0.353 e. The van der Waals surface area contributed by atoms with Gasteiger partial charge in [0.05, 0.1) is 6.54 Å². The number of hydrogen-bond donors (Lipinski definition) is 1. The molecule has 0 aromatic carbocycles. The van der Waals surface area contributed by atoms with Crippen LogP contribution in [0, 0.1) is 0 Å². The van der Waals surface area contributed by atoms with Gasteiger partial charge in [0.25, 0.3) is 0 Å². The number of aryl methyl sites for hydroxylation is 1. The number of rotatable bonds is 5. The van der Waals surface area contributed by atoms with Crippen LogP contribution in [0.1, 0.15) is 70.2 Å². The predicted molar refractivity (Wildman–Crippen MR) is 96.7 cm³/mol. The Balaban J connectivity index is 1.64. The van der Waals surface area contributed by atoms with E-state index in [1.165, 1.54) is 17.5 Å². The van der Waals surface area contributed by atoms with Gasteiger partial charge in [-0.25, -0.2) is 9.48 Å². The monoisotopic (exact) mass is 349 g/mol. The molecule has 140 valence electrons. The van der Waals surface area contributed by atoms with Crippen molar-refractivity contribution >= 4 is 5.91 Å². The molecule has 2 fully saturated rings. The van der Waals surface area contributed by atoms with E-state index in [2.05, 4.69) is 15.3 Å². The number of piperidine rings is 1. The van der Waals surface area contributed by atoms with Gasteiger partial charge >= 0.3 is 5.69 Å². The number of aromatic nitrogens is 3. The van der Waals surface area contributed by atoms with Crippen molar-refractivity contribution in [3.63, 3.8) is 0 Å². The molecular formula is C18H31N5O2. The Bertz CT molecular complexity index is 649. The highest BCUT2D eigenvalue weighted by molar-refractivity contribution is 5.78. The summed E-state index contributed by atoms with van der Waals surface area (Å²) in [6.45, 7) is 6.18. The van der Waals surface area contributed by atoms with Crippen LogP contribution >= 0.6 is 0 Å². The highest BCUT2D eigenvalue weighted by Crippen LogP contribution is 2.33. The van der Waals surface area contributed by atoms with Crippen LogP contribution in [0.2, 0.25) is 0 Å². The number of nitrogens with zero attached hydrogens (tertiary/aromatic N) is 4. The first-order chi connectivity index (χ1) is 12.0. The van der Waals surface area contributed by atoms with Crippen molar-refractivity contribution in [2.24, 2.45) is 7.05 Å². The Morgan fingerprint density at radius 2 is 1.84 bits per heavy atom. The lowest BCUT2D eigenvalue weighted by Gasteiger charge is -2.31. The van der Waals surface area contributed by atoms with E-state index in [-0.39, 0.29) is 17.6 Å². The average Bonchev–Trinajstić information content (AvgIpc) is 3.16. The highest BCUT2D eigenvalue weighted by atomic mass is 16.2. The molecule has 1 aromatic heterocycles. The first-order valence-corrected chi connectivity index (χ1v) is 9.63. The first-order valence-electron chi connectivity index (χ1n) is 9.63. The maximum absolute atomic E-state index is 12.5. The summed E-state index contributed by atoms with van der Waals surface area (Å²) >= 11 is 0. The van der Waals surface area contributed by atoms with Crippen LogP contribution in [0.15, 0.2) is 4.79 Å². The summed E-state index contributed by atoms with van der Waals surface area (Å²) in [5.41, 5.74) is 0.0284. The molecule has 0 unspecified atom stereocenters. The summed E-state index contributed by atoms with van der Waals surface area (Å²) in [6, 6.07) is 0.505. The molecule has 1 amide bonds. The van der Waals surface area contributed by atoms with E-state index >= 15 is 0 Å². The van der Waals surface area contributed by atoms with Gasteiger partial charge in [0.15, 0.2) is 0 Å². The van der Waals surface area contributed by atoms with Crippen LogP contribution in [0.4, 0.5) is 0 Å². The molecule has 2 aliphatic rings. The quantitative estimate of drug-likeness (QED) is 0.872. The summed E-state index contributed by atoms with van der Waals surface area (Å²) in [5.74, 6) is 1.37. The fraction of sp³-hybridized carbons (Fsp3) is 0.833. The topological polar surface area (TPSA) is 72.2 Å². The molecule has 0 radical (unpaired) electrons. The number of likely N-dealkylation sites (tertiary alicyclic amines) is 1. The normalized spacial score (nSPS) is 20.5. The lowest BCUT2D eigenvalue weighted by Crippen LogP contribution is -2.43. The maximum Gasteiger partial charge on any atom is 0.345 e.